The summed E-state index contributed by atoms with van der Waals surface area (Å²) >= 11 is 0. The molecule has 7 heteroatoms. The van der Waals surface area contributed by atoms with Gasteiger partial charge in [-0.05, 0) is 27.2 Å². The molecule has 118 valence electrons. The zero-order valence-electron chi connectivity index (χ0n) is 12.5. The minimum atomic E-state index is -1.74. The Morgan fingerprint density at radius 1 is 1.00 bits per heavy atom. The van der Waals surface area contributed by atoms with Gasteiger partial charge in [-0.15, -0.1) is 0 Å². The van der Waals surface area contributed by atoms with Gasteiger partial charge < -0.3 is 14.2 Å². The zero-order valence-corrected chi connectivity index (χ0v) is 12.5. The van der Waals surface area contributed by atoms with Crippen LogP contribution in [0.5, 0.6) is 0 Å². The van der Waals surface area contributed by atoms with Gasteiger partial charge in [-0.1, -0.05) is 0 Å². The van der Waals surface area contributed by atoms with Crippen LogP contribution < -0.4 is 0 Å². The Morgan fingerprint density at radius 3 is 1.90 bits per heavy atom. The fourth-order valence-corrected chi connectivity index (χ4v) is 2.35. The van der Waals surface area contributed by atoms with E-state index in [0.29, 0.717) is 0 Å². The van der Waals surface area contributed by atoms with Crippen LogP contribution in [0.1, 0.15) is 33.6 Å². The van der Waals surface area contributed by atoms with Gasteiger partial charge in [0.05, 0.1) is 19.8 Å². The molecule has 21 heavy (non-hydrogen) atoms. The largest absolute Gasteiger partial charge is 0.465 e. The lowest BCUT2D eigenvalue weighted by Crippen LogP contribution is -2.40. The molecule has 0 saturated heterocycles. The molecule has 1 aliphatic carbocycles. The second-order valence-corrected chi connectivity index (χ2v) is 4.67. The van der Waals surface area contributed by atoms with Crippen LogP contribution in [0.2, 0.25) is 0 Å². The first kappa shape index (κ1) is 17.1. The second kappa shape index (κ2) is 7.19. The highest BCUT2D eigenvalue weighted by Crippen LogP contribution is 2.42. The highest BCUT2D eigenvalue weighted by Gasteiger charge is 2.59. The van der Waals surface area contributed by atoms with Gasteiger partial charge in [0.15, 0.2) is 5.41 Å². The average molecular weight is 300 g/mol. The zero-order chi connectivity index (χ0) is 16.0. The van der Waals surface area contributed by atoms with Crippen LogP contribution in [0.3, 0.4) is 0 Å². The summed E-state index contributed by atoms with van der Waals surface area (Å²) in [6.45, 7) is 5.05. The molecule has 7 nitrogen and oxygen atoms in total. The predicted molar refractivity (Wildman–Crippen MR) is 70.1 cm³/mol. The van der Waals surface area contributed by atoms with E-state index in [4.69, 9.17) is 14.2 Å². The Balaban J connectivity index is 3.05. The van der Waals surface area contributed by atoms with Crippen LogP contribution >= 0.6 is 0 Å². The maximum absolute atomic E-state index is 12.1. The average Bonchev–Trinajstić information content (AvgIpc) is 2.79. The van der Waals surface area contributed by atoms with Crippen molar-refractivity contribution in [3.8, 4) is 0 Å². The Labute approximate surface area is 122 Å². The van der Waals surface area contributed by atoms with E-state index in [0.717, 1.165) is 0 Å². The number of carbonyl (C=O) groups excluding carboxylic acids is 4. The van der Waals surface area contributed by atoms with E-state index in [1.54, 1.807) is 20.8 Å². The normalized spacial score (nSPS) is 20.0. The molecule has 0 N–H and O–H groups in total. The topological polar surface area (TPSA) is 96.0 Å². The van der Waals surface area contributed by atoms with Gasteiger partial charge in [0.2, 0.25) is 0 Å². The molecule has 0 radical (unpaired) electrons. The first-order chi connectivity index (χ1) is 9.92. The molecule has 1 aliphatic rings. The fraction of sp³-hybridized carbons (Fsp3) is 0.714. The number of rotatable bonds is 6. The van der Waals surface area contributed by atoms with Crippen LogP contribution in [-0.2, 0) is 33.4 Å². The monoisotopic (exact) mass is 300 g/mol. The number of ketones is 1. The third-order valence-corrected chi connectivity index (χ3v) is 3.32. The van der Waals surface area contributed by atoms with E-state index in [1.165, 1.54) is 0 Å². The number of hydrogen-bond acceptors (Lipinski definition) is 7. The minimum Gasteiger partial charge on any atom is -0.465 e. The molecule has 1 atom stereocenters. The minimum absolute atomic E-state index is 0.0677. The molecular weight excluding hydrogens is 280 g/mol. The predicted octanol–water partition coefficient (Wildman–Crippen LogP) is 0.641. The van der Waals surface area contributed by atoms with Crippen molar-refractivity contribution >= 4 is 23.7 Å². The third kappa shape index (κ3) is 3.40. The van der Waals surface area contributed by atoms with Gasteiger partial charge in [0.1, 0.15) is 11.7 Å². The molecule has 1 fully saturated rings. The molecule has 0 aromatic carbocycles. The van der Waals surface area contributed by atoms with Crippen LogP contribution in [0.25, 0.3) is 0 Å². The van der Waals surface area contributed by atoms with Crippen molar-refractivity contribution in [2.75, 3.05) is 19.8 Å². The summed E-state index contributed by atoms with van der Waals surface area (Å²) in [5.41, 5.74) is -1.74. The van der Waals surface area contributed by atoms with Crippen LogP contribution in [0.15, 0.2) is 0 Å². The first-order valence-corrected chi connectivity index (χ1v) is 6.96. The van der Waals surface area contributed by atoms with Crippen molar-refractivity contribution < 1.29 is 33.4 Å². The molecule has 0 aromatic heterocycles. The number of hydrogen-bond donors (Lipinski definition) is 0. The van der Waals surface area contributed by atoms with E-state index in [9.17, 15) is 19.2 Å². The van der Waals surface area contributed by atoms with E-state index in [-0.39, 0.29) is 26.2 Å². The van der Waals surface area contributed by atoms with Crippen molar-refractivity contribution in [2.24, 2.45) is 11.3 Å². The molecule has 1 rings (SSSR count). The summed E-state index contributed by atoms with van der Waals surface area (Å²) in [7, 11) is 0. The van der Waals surface area contributed by atoms with Crippen LogP contribution in [0, 0.1) is 11.3 Å². The van der Waals surface area contributed by atoms with Gasteiger partial charge >= 0.3 is 17.9 Å². The van der Waals surface area contributed by atoms with Gasteiger partial charge in [-0.2, -0.15) is 0 Å². The van der Waals surface area contributed by atoms with Gasteiger partial charge in [-0.25, -0.2) is 0 Å². The fourth-order valence-electron chi connectivity index (χ4n) is 2.35. The van der Waals surface area contributed by atoms with Crippen LogP contribution in [0.4, 0.5) is 0 Å². The van der Waals surface area contributed by atoms with Crippen molar-refractivity contribution in [3.63, 3.8) is 0 Å². The molecular formula is C14H20O7. The van der Waals surface area contributed by atoms with E-state index in [2.05, 4.69) is 0 Å². The summed E-state index contributed by atoms with van der Waals surface area (Å²) in [6, 6.07) is 0. The van der Waals surface area contributed by atoms with Crippen molar-refractivity contribution in [1.29, 1.82) is 0 Å². The summed E-state index contributed by atoms with van der Waals surface area (Å²) in [4.78, 5) is 48.0. The molecule has 0 aromatic rings. The van der Waals surface area contributed by atoms with Crippen LogP contribution in [-0.4, -0.2) is 43.5 Å². The molecule has 0 heterocycles. The third-order valence-electron chi connectivity index (χ3n) is 3.32. The molecule has 0 aliphatic heterocycles. The second-order valence-electron chi connectivity index (χ2n) is 4.67. The Hall–Kier alpha value is -1.92. The lowest BCUT2D eigenvalue weighted by atomic mass is 9.85. The van der Waals surface area contributed by atoms with E-state index >= 15 is 0 Å². The Bertz CT molecular complexity index is 423. The number of esters is 3. The van der Waals surface area contributed by atoms with Gasteiger partial charge in [0, 0.05) is 6.42 Å². The van der Waals surface area contributed by atoms with Gasteiger partial charge in [0.25, 0.3) is 0 Å². The maximum atomic E-state index is 12.1. The summed E-state index contributed by atoms with van der Waals surface area (Å²) < 4.78 is 14.6. The SMILES string of the molecule is CCOC(=O)C1CC(C(=O)OCC)(C(=O)OCC)CC1=O. The summed E-state index contributed by atoms with van der Waals surface area (Å²) in [6.07, 6.45) is -0.656. The number of Topliss-reactive ketones (excluding diaryl/α,β-unsaturated/α-hetero) is 1. The highest BCUT2D eigenvalue weighted by molar-refractivity contribution is 6.11. The first-order valence-electron chi connectivity index (χ1n) is 6.96. The Morgan fingerprint density at radius 2 is 1.48 bits per heavy atom. The Kier molecular flexibility index (Phi) is 5.87. The molecule has 0 amide bonds. The lowest BCUT2D eigenvalue weighted by molar-refractivity contribution is -0.172. The van der Waals surface area contributed by atoms with Crippen molar-refractivity contribution in [3.05, 3.63) is 0 Å². The summed E-state index contributed by atoms with van der Waals surface area (Å²) in [5.74, 6) is -4.02. The molecule has 0 bridgehead atoms. The smallest absolute Gasteiger partial charge is 0.323 e. The summed E-state index contributed by atoms with van der Waals surface area (Å²) in [5, 5.41) is 0. The van der Waals surface area contributed by atoms with Crippen molar-refractivity contribution in [1.82, 2.24) is 0 Å². The molecule has 0 spiro atoms. The quantitative estimate of drug-likeness (QED) is 0.403. The number of carbonyl (C=O) groups is 4. The number of ether oxygens (including phenoxy) is 3. The highest BCUT2D eigenvalue weighted by atomic mass is 16.6. The van der Waals surface area contributed by atoms with E-state index < -0.39 is 41.4 Å². The van der Waals surface area contributed by atoms with Crippen molar-refractivity contribution in [2.45, 2.75) is 33.6 Å². The lowest BCUT2D eigenvalue weighted by Gasteiger charge is -2.23. The maximum Gasteiger partial charge on any atom is 0.323 e. The molecule has 1 unspecified atom stereocenters. The molecule has 1 saturated carbocycles. The van der Waals surface area contributed by atoms with Gasteiger partial charge in [-0.3, -0.25) is 19.2 Å². The van der Waals surface area contributed by atoms with E-state index in [1.807, 2.05) is 0 Å². The standard InChI is InChI=1S/C14H20O7/c1-4-19-11(16)9-7-14(8-10(9)15,12(17)20-5-2)13(18)21-6-3/h9H,4-8H2,1-3H3.